The van der Waals surface area contributed by atoms with Crippen LogP contribution >= 0.6 is 0 Å². The smallest absolute Gasteiger partial charge is 0.00722 e. The molecule has 0 aromatic heterocycles. The lowest BCUT2D eigenvalue weighted by atomic mass is 9.90. The maximum Gasteiger partial charge on any atom is 0.00722 e. The number of nitrogens with zero attached hydrogens (tertiary/aromatic N) is 1. The molecular formula is C14H28N2. The molecule has 2 nitrogen and oxygen atoms in total. The number of rotatable bonds is 3. The average molecular weight is 224 g/mol. The van der Waals surface area contributed by atoms with Crippen LogP contribution < -0.4 is 5.32 Å². The average Bonchev–Trinajstić information content (AvgIpc) is 2.65. The summed E-state index contributed by atoms with van der Waals surface area (Å²) in [6.45, 7) is 7.37. The van der Waals surface area contributed by atoms with Crippen LogP contribution in [0, 0.1) is 11.8 Å². The largest absolute Gasteiger partial charge is 0.311 e. The van der Waals surface area contributed by atoms with Crippen LogP contribution in [0.15, 0.2) is 0 Å². The summed E-state index contributed by atoms with van der Waals surface area (Å²) in [7, 11) is 2.24. The van der Waals surface area contributed by atoms with Gasteiger partial charge in [0.25, 0.3) is 0 Å². The van der Waals surface area contributed by atoms with E-state index >= 15 is 0 Å². The van der Waals surface area contributed by atoms with Gasteiger partial charge in [0.2, 0.25) is 0 Å². The van der Waals surface area contributed by atoms with Gasteiger partial charge in [0, 0.05) is 12.1 Å². The van der Waals surface area contributed by atoms with Gasteiger partial charge in [-0.1, -0.05) is 6.92 Å². The predicted octanol–water partition coefficient (Wildman–Crippen LogP) is 2.49. The second-order valence-corrected chi connectivity index (χ2v) is 6.21. The molecule has 0 bridgehead atoms. The molecule has 2 aliphatic rings. The van der Waals surface area contributed by atoms with Crippen LogP contribution in [0.5, 0.6) is 0 Å². The van der Waals surface area contributed by atoms with Gasteiger partial charge >= 0.3 is 0 Å². The van der Waals surface area contributed by atoms with Crippen molar-refractivity contribution in [3.63, 3.8) is 0 Å². The number of nitrogens with one attached hydrogen (secondary N) is 1. The highest BCUT2D eigenvalue weighted by Crippen LogP contribution is 2.27. The summed E-state index contributed by atoms with van der Waals surface area (Å²) in [5.41, 5.74) is 0. The predicted molar refractivity (Wildman–Crippen MR) is 69.6 cm³/mol. The topological polar surface area (TPSA) is 15.3 Å². The molecule has 3 atom stereocenters. The van der Waals surface area contributed by atoms with Crippen LogP contribution in [0.3, 0.4) is 0 Å². The van der Waals surface area contributed by atoms with Crippen LogP contribution in [-0.4, -0.2) is 37.1 Å². The third-order valence-electron chi connectivity index (χ3n) is 4.66. The van der Waals surface area contributed by atoms with Crippen LogP contribution in [0.1, 0.15) is 46.0 Å². The van der Waals surface area contributed by atoms with E-state index in [0.29, 0.717) is 0 Å². The van der Waals surface area contributed by atoms with E-state index in [9.17, 15) is 0 Å². The van der Waals surface area contributed by atoms with Crippen LogP contribution in [-0.2, 0) is 0 Å². The summed E-state index contributed by atoms with van der Waals surface area (Å²) in [5, 5.41) is 3.88. The monoisotopic (exact) mass is 224 g/mol. The van der Waals surface area contributed by atoms with Gasteiger partial charge in [0.1, 0.15) is 0 Å². The summed E-state index contributed by atoms with van der Waals surface area (Å²) in [6, 6.07) is 1.54. The fraction of sp³-hybridized carbons (Fsp3) is 1.00. The highest BCUT2D eigenvalue weighted by Gasteiger charge is 2.27. The molecule has 0 aromatic carbocycles. The minimum absolute atomic E-state index is 0.726. The van der Waals surface area contributed by atoms with Crippen LogP contribution in [0.25, 0.3) is 0 Å². The molecule has 0 aromatic rings. The molecular weight excluding hydrogens is 196 g/mol. The highest BCUT2D eigenvalue weighted by atomic mass is 15.1. The fourth-order valence-electron chi connectivity index (χ4n) is 3.39. The Morgan fingerprint density at radius 2 is 1.81 bits per heavy atom. The quantitative estimate of drug-likeness (QED) is 0.792. The van der Waals surface area contributed by atoms with Gasteiger partial charge in [0.05, 0.1) is 0 Å². The number of likely N-dealkylation sites (tertiary alicyclic amines) is 1. The third kappa shape index (κ3) is 3.21. The van der Waals surface area contributed by atoms with Gasteiger partial charge in [-0.3, -0.25) is 0 Å². The molecule has 3 unspecified atom stereocenters. The molecule has 1 saturated heterocycles. The van der Waals surface area contributed by atoms with Crippen molar-refractivity contribution in [3.05, 3.63) is 0 Å². The van der Waals surface area contributed by atoms with Gasteiger partial charge in [0.15, 0.2) is 0 Å². The van der Waals surface area contributed by atoms with E-state index in [1.54, 1.807) is 0 Å². The molecule has 0 amide bonds. The molecule has 0 radical (unpaired) electrons. The number of hydrogen-bond donors (Lipinski definition) is 1. The van der Waals surface area contributed by atoms with Gasteiger partial charge in [-0.15, -0.1) is 0 Å². The van der Waals surface area contributed by atoms with Crippen molar-refractivity contribution in [2.75, 3.05) is 20.1 Å². The zero-order valence-corrected chi connectivity index (χ0v) is 11.2. The van der Waals surface area contributed by atoms with Crippen molar-refractivity contribution >= 4 is 0 Å². The van der Waals surface area contributed by atoms with E-state index in [1.165, 1.54) is 45.2 Å². The minimum atomic E-state index is 0.726. The van der Waals surface area contributed by atoms with E-state index in [0.717, 1.165) is 23.9 Å². The fourth-order valence-corrected chi connectivity index (χ4v) is 3.39. The first-order chi connectivity index (χ1) is 7.65. The van der Waals surface area contributed by atoms with E-state index in [2.05, 4.69) is 31.1 Å². The Kier molecular flexibility index (Phi) is 4.26. The summed E-state index contributed by atoms with van der Waals surface area (Å²) >= 11 is 0. The van der Waals surface area contributed by atoms with Crippen LogP contribution in [0.2, 0.25) is 0 Å². The summed E-state index contributed by atoms with van der Waals surface area (Å²) in [6.07, 6.45) is 6.99. The van der Waals surface area contributed by atoms with E-state index in [4.69, 9.17) is 0 Å². The Balaban J connectivity index is 1.73. The molecule has 2 rings (SSSR count). The lowest BCUT2D eigenvalue weighted by Crippen LogP contribution is -2.44. The Bertz CT molecular complexity index is 209. The van der Waals surface area contributed by atoms with Gasteiger partial charge in [-0.25, -0.2) is 0 Å². The first-order valence-electron chi connectivity index (χ1n) is 7.09. The van der Waals surface area contributed by atoms with Crippen molar-refractivity contribution in [2.45, 2.75) is 58.0 Å². The van der Waals surface area contributed by atoms with Crippen molar-refractivity contribution in [1.29, 1.82) is 0 Å². The first-order valence-corrected chi connectivity index (χ1v) is 7.09. The number of piperidine rings is 1. The molecule has 16 heavy (non-hydrogen) atoms. The van der Waals surface area contributed by atoms with Crippen molar-refractivity contribution in [2.24, 2.45) is 11.8 Å². The Morgan fingerprint density at radius 1 is 1.12 bits per heavy atom. The zero-order valence-electron chi connectivity index (χ0n) is 11.2. The molecule has 1 heterocycles. The standard InChI is InChI=1S/C14H28N2/c1-11-4-5-14(10-11)15-12(2)13-6-8-16(3)9-7-13/h11-15H,4-10H2,1-3H3. The molecule has 1 saturated carbocycles. The maximum atomic E-state index is 3.88. The Hall–Kier alpha value is -0.0800. The molecule has 2 heteroatoms. The van der Waals surface area contributed by atoms with Crippen LogP contribution in [0.4, 0.5) is 0 Å². The molecule has 94 valence electrons. The normalized spacial score (nSPS) is 35.4. The molecule has 1 N–H and O–H groups in total. The van der Waals surface area contributed by atoms with E-state index in [1.807, 2.05) is 0 Å². The number of hydrogen-bond acceptors (Lipinski definition) is 2. The van der Waals surface area contributed by atoms with E-state index < -0.39 is 0 Å². The molecule has 1 aliphatic heterocycles. The van der Waals surface area contributed by atoms with Gasteiger partial charge in [-0.05, 0) is 71.0 Å². The lowest BCUT2D eigenvalue weighted by Gasteiger charge is -2.34. The third-order valence-corrected chi connectivity index (χ3v) is 4.66. The summed E-state index contributed by atoms with van der Waals surface area (Å²) < 4.78 is 0. The van der Waals surface area contributed by atoms with Crippen molar-refractivity contribution in [3.8, 4) is 0 Å². The second-order valence-electron chi connectivity index (χ2n) is 6.21. The van der Waals surface area contributed by atoms with Crippen molar-refractivity contribution in [1.82, 2.24) is 10.2 Å². The maximum absolute atomic E-state index is 3.88. The molecule has 0 spiro atoms. The SMILES string of the molecule is CC1CCC(NC(C)C2CCN(C)CC2)C1. The molecule has 1 aliphatic carbocycles. The molecule has 2 fully saturated rings. The first kappa shape index (κ1) is 12.4. The van der Waals surface area contributed by atoms with Gasteiger partial charge < -0.3 is 10.2 Å². The second kappa shape index (κ2) is 5.50. The minimum Gasteiger partial charge on any atom is -0.311 e. The lowest BCUT2D eigenvalue weighted by molar-refractivity contribution is 0.183. The summed E-state index contributed by atoms with van der Waals surface area (Å²) in [5.74, 6) is 1.86. The van der Waals surface area contributed by atoms with Crippen molar-refractivity contribution < 1.29 is 0 Å². The Morgan fingerprint density at radius 3 is 2.38 bits per heavy atom. The summed E-state index contributed by atoms with van der Waals surface area (Å²) in [4.78, 5) is 2.46. The Labute approximate surface area is 101 Å². The van der Waals surface area contributed by atoms with Gasteiger partial charge in [-0.2, -0.15) is 0 Å². The zero-order chi connectivity index (χ0) is 11.5. The van der Waals surface area contributed by atoms with E-state index in [-0.39, 0.29) is 0 Å². The highest BCUT2D eigenvalue weighted by molar-refractivity contribution is 4.84.